The Morgan fingerprint density at radius 1 is 0.846 bits per heavy atom. The number of para-hydroxylation sites is 1. The molecule has 3 N–H and O–H groups in total. The van der Waals surface area contributed by atoms with Crippen molar-refractivity contribution in [1.82, 2.24) is 4.57 Å². The molecule has 0 unspecified atom stereocenters. The molecular weight excluding hydrogens is 492 g/mol. The van der Waals surface area contributed by atoms with E-state index >= 15 is 0 Å². The van der Waals surface area contributed by atoms with Gasteiger partial charge in [0.2, 0.25) is 5.91 Å². The number of nitrogens with two attached hydrogens (primary N) is 1. The van der Waals surface area contributed by atoms with Gasteiger partial charge in [0, 0.05) is 17.5 Å². The third-order valence-electron chi connectivity index (χ3n) is 6.69. The second kappa shape index (κ2) is 11.3. The molecule has 198 valence electrons. The maximum Gasteiger partial charge on any atom is 0.341 e. The minimum atomic E-state index is -1.07. The highest BCUT2D eigenvalue weighted by Crippen LogP contribution is 2.39. The van der Waals surface area contributed by atoms with Crippen LogP contribution in [0.2, 0.25) is 0 Å². The van der Waals surface area contributed by atoms with E-state index in [1.54, 1.807) is 6.07 Å². The lowest BCUT2D eigenvalue weighted by molar-refractivity contribution is -0.139. The molecule has 0 saturated heterocycles. The molecule has 0 radical (unpaired) electrons. The molecule has 0 aliphatic carbocycles. The first-order valence-corrected chi connectivity index (χ1v) is 13.0. The number of rotatable bonds is 11. The number of carboxylic acid groups (broad SMARTS) is 1. The fourth-order valence-electron chi connectivity index (χ4n) is 4.90. The van der Waals surface area contributed by atoms with Crippen molar-refractivity contribution in [3.63, 3.8) is 0 Å². The van der Waals surface area contributed by atoms with Crippen LogP contribution in [0.15, 0.2) is 84.9 Å². The van der Waals surface area contributed by atoms with E-state index in [1.807, 2.05) is 72.8 Å². The Morgan fingerprint density at radius 3 is 2.28 bits per heavy atom. The monoisotopic (exact) mass is 522 g/mol. The van der Waals surface area contributed by atoms with Crippen LogP contribution in [-0.4, -0.2) is 28.2 Å². The molecule has 0 spiro atoms. The summed E-state index contributed by atoms with van der Waals surface area (Å²) < 4.78 is 13.9. The van der Waals surface area contributed by atoms with Gasteiger partial charge in [-0.3, -0.25) is 4.79 Å². The first-order valence-electron chi connectivity index (χ1n) is 13.0. The second-order valence-corrected chi connectivity index (χ2v) is 9.48. The number of aromatic nitrogens is 1. The van der Waals surface area contributed by atoms with Crippen molar-refractivity contribution >= 4 is 33.7 Å². The Labute approximate surface area is 226 Å². The van der Waals surface area contributed by atoms with Gasteiger partial charge in [0.05, 0.1) is 16.4 Å². The zero-order valence-electron chi connectivity index (χ0n) is 21.7. The molecule has 4 aromatic carbocycles. The summed E-state index contributed by atoms with van der Waals surface area (Å²) in [5, 5.41) is 10.7. The van der Waals surface area contributed by atoms with Gasteiger partial charge < -0.3 is 24.9 Å². The van der Waals surface area contributed by atoms with Gasteiger partial charge in [-0.25, -0.2) is 4.79 Å². The van der Waals surface area contributed by atoms with Crippen LogP contribution in [0.5, 0.6) is 17.2 Å². The third kappa shape index (κ3) is 5.57. The lowest BCUT2D eigenvalue weighted by atomic mass is 10.0. The van der Waals surface area contributed by atoms with Crippen LogP contribution in [-0.2, 0) is 17.8 Å². The average molecular weight is 523 g/mol. The molecule has 1 aromatic heterocycles. The zero-order valence-corrected chi connectivity index (χ0v) is 21.7. The van der Waals surface area contributed by atoms with Gasteiger partial charge >= 0.3 is 5.97 Å². The van der Waals surface area contributed by atoms with Gasteiger partial charge in [0.25, 0.3) is 0 Å². The van der Waals surface area contributed by atoms with E-state index in [0.29, 0.717) is 28.6 Å². The summed E-state index contributed by atoms with van der Waals surface area (Å²) in [5.74, 6) is 0.305. The summed E-state index contributed by atoms with van der Waals surface area (Å²) in [4.78, 5) is 23.8. The maximum absolute atomic E-state index is 12.5. The van der Waals surface area contributed by atoms with Crippen molar-refractivity contribution < 1.29 is 24.2 Å². The van der Waals surface area contributed by atoms with Gasteiger partial charge in [-0.1, -0.05) is 49.7 Å². The van der Waals surface area contributed by atoms with Crippen molar-refractivity contribution in [3.05, 3.63) is 102 Å². The van der Waals surface area contributed by atoms with Gasteiger partial charge in [0.1, 0.15) is 17.2 Å². The standard InChI is InChI=1S/C32H30N2O5/c1-2-3-8-22-17-27-31(28(18-22)38-20-29(35)36)30-25(32(33)37)11-7-12-26(30)34(27)19-21-13-15-24(16-14-21)39-23-9-5-4-6-10-23/h4-7,9-18H,2-3,8,19-20H2,1H3,(H2,33,37)(H,35,36). The molecule has 0 atom stereocenters. The number of hydrogen-bond acceptors (Lipinski definition) is 4. The largest absolute Gasteiger partial charge is 0.481 e. The zero-order chi connectivity index (χ0) is 27.4. The van der Waals surface area contributed by atoms with Crippen molar-refractivity contribution in [3.8, 4) is 17.2 Å². The number of amides is 1. The van der Waals surface area contributed by atoms with Crippen molar-refractivity contribution in [2.45, 2.75) is 32.7 Å². The van der Waals surface area contributed by atoms with Gasteiger partial charge in [-0.2, -0.15) is 0 Å². The highest BCUT2D eigenvalue weighted by Gasteiger charge is 2.21. The molecular formula is C32H30N2O5. The van der Waals surface area contributed by atoms with E-state index < -0.39 is 18.5 Å². The Hall–Kier alpha value is -4.78. The fraction of sp³-hybridized carbons (Fsp3) is 0.188. The number of fused-ring (bicyclic) bond motifs is 3. The van der Waals surface area contributed by atoms with E-state index in [0.717, 1.165) is 52.9 Å². The summed E-state index contributed by atoms with van der Waals surface area (Å²) in [7, 11) is 0. The molecule has 0 saturated carbocycles. The number of primary amides is 1. The number of aryl methyl sites for hydroxylation is 1. The van der Waals surface area contributed by atoms with Gasteiger partial charge in [0.15, 0.2) is 6.61 Å². The van der Waals surface area contributed by atoms with E-state index in [9.17, 15) is 14.7 Å². The topological polar surface area (TPSA) is 104 Å². The molecule has 7 nitrogen and oxygen atoms in total. The second-order valence-electron chi connectivity index (χ2n) is 9.48. The molecule has 0 bridgehead atoms. The first kappa shape index (κ1) is 25.9. The average Bonchev–Trinajstić information content (AvgIpc) is 3.25. The number of nitrogens with zero attached hydrogens (tertiary/aromatic N) is 1. The van der Waals surface area contributed by atoms with Crippen molar-refractivity contribution in [1.29, 1.82) is 0 Å². The Bertz CT molecular complexity index is 1640. The number of carboxylic acids is 1. The molecule has 1 heterocycles. The molecule has 7 heteroatoms. The fourth-order valence-corrected chi connectivity index (χ4v) is 4.90. The number of hydrogen-bond donors (Lipinski definition) is 2. The first-order chi connectivity index (χ1) is 18.9. The van der Waals surface area contributed by atoms with Crippen LogP contribution in [0.3, 0.4) is 0 Å². The molecule has 0 aliphatic rings. The predicted molar refractivity (Wildman–Crippen MR) is 152 cm³/mol. The Morgan fingerprint density at radius 2 is 1.59 bits per heavy atom. The lowest BCUT2D eigenvalue weighted by Crippen LogP contribution is -2.12. The van der Waals surface area contributed by atoms with Gasteiger partial charge in [-0.15, -0.1) is 0 Å². The highest BCUT2D eigenvalue weighted by atomic mass is 16.5. The smallest absolute Gasteiger partial charge is 0.341 e. The van der Waals surface area contributed by atoms with Gasteiger partial charge in [-0.05, 0) is 72.5 Å². The summed E-state index contributed by atoms with van der Waals surface area (Å²) in [5.41, 5.74) is 9.90. The predicted octanol–water partition coefficient (Wildman–Crippen LogP) is 6.54. The lowest BCUT2D eigenvalue weighted by Gasteiger charge is -2.12. The Balaban J connectivity index is 1.63. The molecule has 5 aromatic rings. The van der Waals surface area contributed by atoms with E-state index in [2.05, 4.69) is 17.6 Å². The van der Waals surface area contributed by atoms with Crippen LogP contribution >= 0.6 is 0 Å². The van der Waals surface area contributed by atoms with Crippen LogP contribution in [0, 0.1) is 0 Å². The number of ether oxygens (including phenoxy) is 2. The number of carbonyl (C=O) groups is 2. The van der Waals surface area contributed by atoms with Crippen LogP contribution in [0.25, 0.3) is 21.8 Å². The SMILES string of the molecule is CCCCc1cc(OCC(=O)O)c2c3c(C(N)=O)cccc3n(Cc3ccc(Oc4ccccc4)cc3)c2c1. The summed E-state index contributed by atoms with van der Waals surface area (Å²) in [6.07, 6.45) is 2.83. The summed E-state index contributed by atoms with van der Waals surface area (Å²) in [6, 6.07) is 26.9. The minimum Gasteiger partial charge on any atom is -0.481 e. The number of aliphatic carboxylic acids is 1. The van der Waals surface area contributed by atoms with E-state index in [1.165, 1.54) is 0 Å². The number of unbranched alkanes of at least 4 members (excludes halogenated alkanes) is 1. The minimum absolute atomic E-state index is 0.365. The highest BCUT2D eigenvalue weighted by molar-refractivity contribution is 6.20. The molecule has 0 fully saturated rings. The van der Waals surface area contributed by atoms with Crippen LogP contribution in [0.4, 0.5) is 0 Å². The quantitative estimate of drug-likeness (QED) is 0.205. The van der Waals surface area contributed by atoms with E-state index in [4.69, 9.17) is 15.2 Å². The molecule has 39 heavy (non-hydrogen) atoms. The summed E-state index contributed by atoms with van der Waals surface area (Å²) >= 11 is 0. The molecule has 1 amide bonds. The molecule has 0 aliphatic heterocycles. The van der Waals surface area contributed by atoms with E-state index in [-0.39, 0.29) is 0 Å². The summed E-state index contributed by atoms with van der Waals surface area (Å²) in [6.45, 7) is 2.16. The Kier molecular flexibility index (Phi) is 7.50. The normalized spacial score (nSPS) is 11.1. The van der Waals surface area contributed by atoms with Crippen molar-refractivity contribution in [2.75, 3.05) is 6.61 Å². The number of benzene rings is 4. The molecule has 5 rings (SSSR count). The van der Waals surface area contributed by atoms with Crippen molar-refractivity contribution in [2.24, 2.45) is 5.73 Å². The maximum atomic E-state index is 12.5. The third-order valence-corrected chi connectivity index (χ3v) is 6.69. The number of carbonyl (C=O) groups excluding carboxylic acids is 1. The van der Waals surface area contributed by atoms with Crippen LogP contribution < -0.4 is 15.2 Å². The van der Waals surface area contributed by atoms with Crippen LogP contribution in [0.1, 0.15) is 41.3 Å².